The molecular formula is C16H23N3O2. The Bertz CT molecular complexity index is 496. The molecule has 1 fully saturated rings. The summed E-state index contributed by atoms with van der Waals surface area (Å²) < 4.78 is 0. The van der Waals surface area contributed by atoms with Gasteiger partial charge < -0.3 is 16.0 Å². The Morgan fingerprint density at radius 3 is 2.90 bits per heavy atom. The number of rotatable bonds is 5. The zero-order chi connectivity index (χ0) is 15.1. The van der Waals surface area contributed by atoms with Crippen LogP contribution in [0.3, 0.4) is 0 Å². The van der Waals surface area contributed by atoms with Gasteiger partial charge in [0.05, 0.1) is 6.04 Å². The third kappa shape index (κ3) is 4.56. The van der Waals surface area contributed by atoms with Crippen molar-refractivity contribution in [1.82, 2.24) is 10.6 Å². The first-order chi connectivity index (χ1) is 10.2. The van der Waals surface area contributed by atoms with E-state index in [9.17, 15) is 9.59 Å². The molecule has 1 aliphatic heterocycles. The van der Waals surface area contributed by atoms with E-state index in [1.807, 2.05) is 6.92 Å². The van der Waals surface area contributed by atoms with Crippen molar-refractivity contribution < 1.29 is 9.59 Å². The van der Waals surface area contributed by atoms with Gasteiger partial charge >= 0.3 is 0 Å². The minimum absolute atomic E-state index is 0.0270. The molecule has 2 amide bonds. The maximum Gasteiger partial charge on any atom is 0.251 e. The number of hydrogen-bond donors (Lipinski definition) is 3. The van der Waals surface area contributed by atoms with Crippen LogP contribution in [-0.4, -0.2) is 30.9 Å². The molecule has 1 heterocycles. The van der Waals surface area contributed by atoms with Crippen LogP contribution in [0.15, 0.2) is 24.3 Å². The van der Waals surface area contributed by atoms with Crippen molar-refractivity contribution in [3.8, 4) is 0 Å². The lowest BCUT2D eigenvalue weighted by atomic mass is 10.0. The van der Waals surface area contributed by atoms with Crippen molar-refractivity contribution in [2.75, 3.05) is 18.4 Å². The predicted molar refractivity (Wildman–Crippen MR) is 83.3 cm³/mol. The van der Waals surface area contributed by atoms with E-state index in [2.05, 4.69) is 16.0 Å². The summed E-state index contributed by atoms with van der Waals surface area (Å²) in [4.78, 5) is 24.1. The molecule has 1 atom stereocenters. The third-order valence-corrected chi connectivity index (χ3v) is 3.55. The standard InChI is InChI=1S/C16H23N3O2/c1-2-9-18-15(20)12-6-5-7-13(11-12)19-16(21)14-8-3-4-10-17-14/h5-7,11,14,17H,2-4,8-10H2,1H3,(H,18,20)(H,19,21)/t14-/m1/s1. The number of hydrogen-bond acceptors (Lipinski definition) is 3. The number of anilines is 1. The zero-order valence-corrected chi connectivity index (χ0v) is 12.4. The molecule has 2 rings (SSSR count). The van der Waals surface area contributed by atoms with Gasteiger partial charge in [-0.1, -0.05) is 19.4 Å². The second kappa shape index (κ2) is 7.78. The van der Waals surface area contributed by atoms with Crippen LogP contribution in [0, 0.1) is 0 Å². The van der Waals surface area contributed by atoms with Gasteiger partial charge in [-0.2, -0.15) is 0 Å². The Balaban J connectivity index is 1.96. The van der Waals surface area contributed by atoms with E-state index in [0.29, 0.717) is 17.8 Å². The van der Waals surface area contributed by atoms with Gasteiger partial charge in [0.1, 0.15) is 0 Å². The van der Waals surface area contributed by atoms with E-state index in [4.69, 9.17) is 0 Å². The number of benzene rings is 1. The van der Waals surface area contributed by atoms with Crippen LogP contribution < -0.4 is 16.0 Å². The number of carbonyl (C=O) groups is 2. The summed E-state index contributed by atoms with van der Waals surface area (Å²) in [5.74, 6) is -0.135. The lowest BCUT2D eigenvalue weighted by Gasteiger charge is -2.22. The number of carbonyl (C=O) groups excluding carboxylic acids is 2. The van der Waals surface area contributed by atoms with Gasteiger partial charge in [-0.3, -0.25) is 9.59 Å². The summed E-state index contributed by atoms with van der Waals surface area (Å²) in [6.45, 7) is 3.55. The summed E-state index contributed by atoms with van der Waals surface area (Å²) in [6, 6.07) is 6.92. The van der Waals surface area contributed by atoms with E-state index in [-0.39, 0.29) is 17.9 Å². The van der Waals surface area contributed by atoms with E-state index in [1.165, 1.54) is 0 Å². The van der Waals surface area contributed by atoms with E-state index in [0.717, 1.165) is 32.2 Å². The average molecular weight is 289 g/mol. The lowest BCUT2D eigenvalue weighted by molar-refractivity contribution is -0.118. The summed E-state index contributed by atoms with van der Waals surface area (Å²) in [7, 11) is 0. The Morgan fingerprint density at radius 2 is 2.19 bits per heavy atom. The second-order valence-corrected chi connectivity index (χ2v) is 5.33. The van der Waals surface area contributed by atoms with Crippen molar-refractivity contribution in [1.29, 1.82) is 0 Å². The molecule has 0 bridgehead atoms. The molecule has 5 heteroatoms. The SMILES string of the molecule is CCCNC(=O)c1cccc(NC(=O)[C@H]2CCCCN2)c1. The molecule has 5 nitrogen and oxygen atoms in total. The quantitative estimate of drug-likeness (QED) is 0.775. The molecule has 0 radical (unpaired) electrons. The van der Waals surface area contributed by atoms with Crippen molar-refractivity contribution in [2.24, 2.45) is 0 Å². The van der Waals surface area contributed by atoms with Crippen LogP contribution in [0.4, 0.5) is 5.69 Å². The average Bonchev–Trinajstić information content (AvgIpc) is 2.53. The van der Waals surface area contributed by atoms with Gasteiger partial charge in [-0.05, 0) is 44.0 Å². The lowest BCUT2D eigenvalue weighted by Crippen LogP contribution is -2.43. The third-order valence-electron chi connectivity index (χ3n) is 3.55. The molecular weight excluding hydrogens is 266 g/mol. The maximum atomic E-state index is 12.1. The molecule has 0 aliphatic carbocycles. The van der Waals surface area contributed by atoms with Gasteiger partial charge in [0.25, 0.3) is 5.91 Å². The van der Waals surface area contributed by atoms with Gasteiger partial charge in [0, 0.05) is 17.8 Å². The largest absolute Gasteiger partial charge is 0.352 e. The molecule has 0 aromatic heterocycles. The smallest absolute Gasteiger partial charge is 0.251 e. The Labute approximate surface area is 125 Å². The Morgan fingerprint density at radius 1 is 1.33 bits per heavy atom. The Kier molecular flexibility index (Phi) is 5.75. The fourth-order valence-electron chi connectivity index (χ4n) is 2.38. The summed E-state index contributed by atoms with van der Waals surface area (Å²) in [5.41, 5.74) is 1.23. The monoisotopic (exact) mass is 289 g/mol. The highest BCUT2D eigenvalue weighted by Gasteiger charge is 2.20. The highest BCUT2D eigenvalue weighted by molar-refractivity contribution is 5.98. The fraction of sp³-hybridized carbons (Fsp3) is 0.500. The minimum atomic E-state index is -0.128. The molecule has 3 N–H and O–H groups in total. The van der Waals surface area contributed by atoms with Crippen LogP contribution >= 0.6 is 0 Å². The highest BCUT2D eigenvalue weighted by Crippen LogP contribution is 2.13. The molecule has 1 saturated heterocycles. The Hall–Kier alpha value is -1.88. The van der Waals surface area contributed by atoms with Crippen LogP contribution in [0.1, 0.15) is 43.0 Å². The molecule has 0 unspecified atom stereocenters. The fourth-order valence-corrected chi connectivity index (χ4v) is 2.38. The number of amides is 2. The van der Waals surface area contributed by atoms with Gasteiger partial charge in [-0.15, -0.1) is 0 Å². The van der Waals surface area contributed by atoms with E-state index in [1.54, 1.807) is 24.3 Å². The first-order valence-electron chi connectivity index (χ1n) is 7.63. The van der Waals surface area contributed by atoms with E-state index >= 15 is 0 Å². The summed E-state index contributed by atoms with van der Waals surface area (Å²) >= 11 is 0. The van der Waals surface area contributed by atoms with Crippen LogP contribution in [0.25, 0.3) is 0 Å². The molecule has 1 aromatic carbocycles. The minimum Gasteiger partial charge on any atom is -0.352 e. The first-order valence-corrected chi connectivity index (χ1v) is 7.63. The normalized spacial score (nSPS) is 18.0. The predicted octanol–water partition coefficient (Wildman–Crippen LogP) is 1.91. The van der Waals surface area contributed by atoms with Gasteiger partial charge in [0.15, 0.2) is 0 Å². The molecule has 1 aromatic rings. The topological polar surface area (TPSA) is 70.2 Å². The van der Waals surface area contributed by atoms with Gasteiger partial charge in [0.2, 0.25) is 5.91 Å². The van der Waals surface area contributed by atoms with Gasteiger partial charge in [-0.25, -0.2) is 0 Å². The number of piperidine rings is 1. The molecule has 1 aliphatic rings. The maximum absolute atomic E-state index is 12.1. The van der Waals surface area contributed by atoms with Crippen molar-refractivity contribution in [3.05, 3.63) is 29.8 Å². The number of nitrogens with one attached hydrogen (secondary N) is 3. The first kappa shape index (κ1) is 15.5. The van der Waals surface area contributed by atoms with E-state index < -0.39 is 0 Å². The summed E-state index contributed by atoms with van der Waals surface area (Å²) in [5, 5.41) is 8.92. The van der Waals surface area contributed by atoms with Crippen molar-refractivity contribution in [3.63, 3.8) is 0 Å². The van der Waals surface area contributed by atoms with Crippen LogP contribution in [-0.2, 0) is 4.79 Å². The van der Waals surface area contributed by atoms with Crippen molar-refractivity contribution >= 4 is 17.5 Å². The molecule has 21 heavy (non-hydrogen) atoms. The highest BCUT2D eigenvalue weighted by atomic mass is 16.2. The summed E-state index contributed by atoms with van der Waals surface area (Å²) in [6.07, 6.45) is 3.96. The molecule has 0 saturated carbocycles. The zero-order valence-electron chi connectivity index (χ0n) is 12.4. The molecule has 0 spiro atoms. The molecule has 114 valence electrons. The van der Waals surface area contributed by atoms with Crippen molar-refractivity contribution in [2.45, 2.75) is 38.6 Å². The second-order valence-electron chi connectivity index (χ2n) is 5.33. The van der Waals surface area contributed by atoms with Crippen LogP contribution in [0.2, 0.25) is 0 Å². The van der Waals surface area contributed by atoms with Crippen LogP contribution in [0.5, 0.6) is 0 Å².